The van der Waals surface area contributed by atoms with E-state index in [1.807, 2.05) is 0 Å². The number of aliphatic hydroxyl groups is 1. The number of aliphatic hydroxyl groups excluding tert-OH is 1. The van der Waals surface area contributed by atoms with Crippen molar-refractivity contribution in [3.05, 3.63) is 0 Å². The summed E-state index contributed by atoms with van der Waals surface area (Å²) in [5, 5.41) is 9.97. The van der Waals surface area contributed by atoms with Crippen molar-refractivity contribution in [2.45, 2.75) is 39.2 Å². The molecule has 78 valence electrons. The molecule has 1 aliphatic rings. The van der Waals surface area contributed by atoms with Gasteiger partial charge in [0, 0.05) is 13.7 Å². The number of methoxy groups -OCH3 is 1. The normalized spacial score (nSPS) is 24.0. The Morgan fingerprint density at radius 1 is 1.38 bits per heavy atom. The van der Waals surface area contributed by atoms with Crippen LogP contribution in [0.3, 0.4) is 0 Å². The van der Waals surface area contributed by atoms with Crippen molar-refractivity contribution in [3.63, 3.8) is 0 Å². The van der Waals surface area contributed by atoms with Crippen LogP contribution in [0.5, 0.6) is 0 Å². The number of hydrogen-bond acceptors (Lipinski definition) is 2. The average molecular weight is 186 g/mol. The Labute approximate surface area is 81.3 Å². The van der Waals surface area contributed by atoms with Crippen LogP contribution in [-0.2, 0) is 4.74 Å². The third kappa shape index (κ3) is 3.28. The van der Waals surface area contributed by atoms with Gasteiger partial charge >= 0.3 is 0 Å². The quantitative estimate of drug-likeness (QED) is 0.688. The SMILES string of the molecule is COCCC(C)C(O)C(C)C1CC1. The molecule has 0 heterocycles. The molecule has 3 unspecified atom stereocenters. The summed E-state index contributed by atoms with van der Waals surface area (Å²) in [6, 6.07) is 0. The van der Waals surface area contributed by atoms with Gasteiger partial charge in [0.1, 0.15) is 0 Å². The van der Waals surface area contributed by atoms with Crippen LogP contribution in [0.2, 0.25) is 0 Å². The summed E-state index contributed by atoms with van der Waals surface area (Å²) >= 11 is 0. The van der Waals surface area contributed by atoms with Crippen molar-refractivity contribution < 1.29 is 9.84 Å². The molecule has 1 N–H and O–H groups in total. The van der Waals surface area contributed by atoms with Crippen molar-refractivity contribution >= 4 is 0 Å². The van der Waals surface area contributed by atoms with E-state index in [-0.39, 0.29) is 6.10 Å². The molecule has 3 atom stereocenters. The summed E-state index contributed by atoms with van der Waals surface area (Å²) < 4.78 is 5.01. The molecule has 1 aliphatic carbocycles. The summed E-state index contributed by atoms with van der Waals surface area (Å²) in [6.07, 6.45) is 3.46. The minimum atomic E-state index is -0.136. The number of ether oxygens (including phenoxy) is 1. The molecule has 0 radical (unpaired) electrons. The summed E-state index contributed by atoms with van der Waals surface area (Å²) in [5.74, 6) is 1.64. The number of hydrogen-bond donors (Lipinski definition) is 1. The molecule has 1 rings (SSSR count). The Balaban J connectivity index is 2.23. The van der Waals surface area contributed by atoms with Crippen LogP contribution in [0.4, 0.5) is 0 Å². The summed E-state index contributed by atoms with van der Waals surface area (Å²) in [4.78, 5) is 0. The van der Waals surface area contributed by atoms with E-state index in [1.54, 1.807) is 7.11 Å². The zero-order valence-corrected chi connectivity index (χ0v) is 8.99. The fraction of sp³-hybridized carbons (Fsp3) is 1.00. The van der Waals surface area contributed by atoms with Crippen LogP contribution < -0.4 is 0 Å². The summed E-state index contributed by atoms with van der Waals surface area (Å²) in [5.41, 5.74) is 0. The van der Waals surface area contributed by atoms with Gasteiger partial charge in [-0.3, -0.25) is 0 Å². The van der Waals surface area contributed by atoms with Crippen LogP contribution >= 0.6 is 0 Å². The molecule has 0 amide bonds. The largest absolute Gasteiger partial charge is 0.393 e. The molecule has 2 nitrogen and oxygen atoms in total. The van der Waals surface area contributed by atoms with Crippen molar-refractivity contribution in [1.29, 1.82) is 0 Å². The smallest absolute Gasteiger partial charge is 0.0594 e. The zero-order valence-electron chi connectivity index (χ0n) is 8.99. The first kappa shape index (κ1) is 11.0. The van der Waals surface area contributed by atoms with E-state index in [9.17, 15) is 5.11 Å². The van der Waals surface area contributed by atoms with E-state index >= 15 is 0 Å². The van der Waals surface area contributed by atoms with Gasteiger partial charge in [0.15, 0.2) is 0 Å². The van der Waals surface area contributed by atoms with Crippen molar-refractivity contribution in [2.75, 3.05) is 13.7 Å². The highest BCUT2D eigenvalue weighted by Crippen LogP contribution is 2.39. The summed E-state index contributed by atoms with van der Waals surface area (Å²) in [6.45, 7) is 5.05. The second kappa shape index (κ2) is 4.97. The van der Waals surface area contributed by atoms with E-state index in [4.69, 9.17) is 4.74 Å². The molecule has 1 saturated carbocycles. The third-order valence-electron chi connectivity index (χ3n) is 3.26. The van der Waals surface area contributed by atoms with E-state index in [0.717, 1.165) is 18.9 Å². The highest BCUT2D eigenvalue weighted by Gasteiger charge is 2.34. The van der Waals surface area contributed by atoms with Crippen molar-refractivity contribution in [1.82, 2.24) is 0 Å². The van der Waals surface area contributed by atoms with Gasteiger partial charge in [-0.25, -0.2) is 0 Å². The molecule has 0 bridgehead atoms. The molecule has 0 saturated heterocycles. The van der Waals surface area contributed by atoms with Gasteiger partial charge in [0.25, 0.3) is 0 Å². The van der Waals surface area contributed by atoms with Gasteiger partial charge in [-0.1, -0.05) is 13.8 Å². The Kier molecular flexibility index (Phi) is 4.20. The molecule has 13 heavy (non-hydrogen) atoms. The topological polar surface area (TPSA) is 29.5 Å². The number of rotatable bonds is 6. The average Bonchev–Trinajstić information content (AvgIpc) is 2.94. The van der Waals surface area contributed by atoms with Crippen molar-refractivity contribution in [3.8, 4) is 0 Å². The Hall–Kier alpha value is -0.0800. The summed E-state index contributed by atoms with van der Waals surface area (Å²) in [7, 11) is 1.71. The fourth-order valence-electron chi connectivity index (χ4n) is 1.89. The van der Waals surface area contributed by atoms with Crippen LogP contribution in [0.25, 0.3) is 0 Å². The van der Waals surface area contributed by atoms with Crippen LogP contribution in [0, 0.1) is 17.8 Å². The molecular weight excluding hydrogens is 164 g/mol. The maximum atomic E-state index is 9.97. The molecule has 1 fully saturated rings. The molecule has 0 aromatic carbocycles. The zero-order chi connectivity index (χ0) is 9.84. The predicted molar refractivity (Wildman–Crippen MR) is 53.6 cm³/mol. The second-order valence-corrected chi connectivity index (χ2v) is 4.45. The van der Waals surface area contributed by atoms with E-state index in [2.05, 4.69) is 13.8 Å². The van der Waals surface area contributed by atoms with Gasteiger partial charge in [-0.2, -0.15) is 0 Å². The van der Waals surface area contributed by atoms with E-state index in [1.165, 1.54) is 12.8 Å². The lowest BCUT2D eigenvalue weighted by Gasteiger charge is -2.24. The lowest BCUT2D eigenvalue weighted by Crippen LogP contribution is -2.27. The fourth-order valence-corrected chi connectivity index (χ4v) is 1.89. The minimum absolute atomic E-state index is 0.136. The van der Waals surface area contributed by atoms with Gasteiger partial charge in [-0.05, 0) is 37.0 Å². The van der Waals surface area contributed by atoms with Crippen molar-refractivity contribution in [2.24, 2.45) is 17.8 Å². The Bertz CT molecular complexity index is 143. The third-order valence-corrected chi connectivity index (χ3v) is 3.26. The van der Waals surface area contributed by atoms with E-state index in [0.29, 0.717) is 11.8 Å². The first-order chi connectivity index (χ1) is 6.16. The van der Waals surface area contributed by atoms with E-state index < -0.39 is 0 Å². The maximum Gasteiger partial charge on any atom is 0.0594 e. The second-order valence-electron chi connectivity index (χ2n) is 4.45. The first-order valence-electron chi connectivity index (χ1n) is 5.33. The molecule has 0 aromatic heterocycles. The molecular formula is C11H22O2. The van der Waals surface area contributed by atoms with Crippen LogP contribution in [0.1, 0.15) is 33.1 Å². The highest BCUT2D eigenvalue weighted by molar-refractivity contribution is 4.84. The maximum absolute atomic E-state index is 9.97. The van der Waals surface area contributed by atoms with Gasteiger partial charge < -0.3 is 9.84 Å². The first-order valence-corrected chi connectivity index (χ1v) is 5.33. The standard InChI is InChI=1S/C11H22O2/c1-8(6-7-13-3)11(12)9(2)10-4-5-10/h8-12H,4-7H2,1-3H3. The predicted octanol–water partition coefficient (Wildman–Crippen LogP) is 2.07. The minimum Gasteiger partial charge on any atom is -0.393 e. The Morgan fingerprint density at radius 3 is 2.46 bits per heavy atom. The molecule has 0 spiro atoms. The molecule has 2 heteroatoms. The Morgan fingerprint density at radius 2 is 2.00 bits per heavy atom. The highest BCUT2D eigenvalue weighted by atomic mass is 16.5. The lowest BCUT2D eigenvalue weighted by atomic mass is 9.88. The van der Waals surface area contributed by atoms with Gasteiger partial charge in [-0.15, -0.1) is 0 Å². The van der Waals surface area contributed by atoms with Crippen LogP contribution in [0.15, 0.2) is 0 Å². The van der Waals surface area contributed by atoms with Crippen LogP contribution in [-0.4, -0.2) is 24.9 Å². The van der Waals surface area contributed by atoms with Gasteiger partial charge in [0.05, 0.1) is 6.10 Å². The molecule has 0 aliphatic heterocycles. The lowest BCUT2D eigenvalue weighted by molar-refractivity contribution is 0.0399. The van der Waals surface area contributed by atoms with Gasteiger partial charge in [0.2, 0.25) is 0 Å². The molecule has 0 aromatic rings. The monoisotopic (exact) mass is 186 g/mol.